The average molecular weight is 589 g/mol. The van der Waals surface area contributed by atoms with E-state index in [1.807, 2.05) is 0 Å². The molecule has 20 nitrogen and oxygen atoms in total. The molecule has 0 bridgehead atoms. The van der Waals surface area contributed by atoms with Crippen LogP contribution in [0.15, 0.2) is 0 Å². The summed E-state index contributed by atoms with van der Waals surface area (Å²) in [6.45, 7) is -0.673. The lowest BCUT2D eigenvalue weighted by molar-refractivity contribution is -0.306. The Morgan fingerprint density at radius 3 is 1.68 bits per heavy atom. The molecule has 0 aromatic heterocycles. The normalized spacial score (nSPS) is 45.3. The summed E-state index contributed by atoms with van der Waals surface area (Å²) in [6, 6.07) is -2.72. The molecular weight excluding hydrogens is 548 g/mol. The smallest absolute Gasteiger partial charge is 0.394 e. The minimum Gasteiger partial charge on any atom is -0.412 e. The lowest BCUT2D eigenvalue weighted by Gasteiger charge is -2.47. The fourth-order valence-corrected chi connectivity index (χ4v) is 4.16. The van der Waals surface area contributed by atoms with E-state index in [0.29, 0.717) is 0 Å². The SMILES string of the molecule is NC[C@H]1O[C@H](O[C@H]2[C@H](O[C@@H]3O[C@H](CO)[C@@H](O)[C@H]3O)C(O)[C@H](N)C[C@@H]2N)[C@H](N)[C@@H](O)[C@@H]1O.O.O.O=S(=O)(O)O. The molecule has 20 N–H and O–H groups in total. The second-order valence-corrected chi connectivity index (χ2v) is 9.64. The summed E-state index contributed by atoms with van der Waals surface area (Å²) in [5, 5.41) is 60.2. The van der Waals surface area contributed by atoms with Crippen molar-refractivity contribution in [3.8, 4) is 0 Å². The van der Waals surface area contributed by atoms with E-state index >= 15 is 0 Å². The number of hydrogen-bond donors (Lipinski definition) is 12. The van der Waals surface area contributed by atoms with Crippen molar-refractivity contribution in [2.45, 2.75) is 92.1 Å². The van der Waals surface area contributed by atoms with E-state index in [1.165, 1.54) is 0 Å². The summed E-state index contributed by atoms with van der Waals surface area (Å²) in [5.41, 5.74) is 23.6. The van der Waals surface area contributed by atoms with Gasteiger partial charge in [0.25, 0.3) is 0 Å². The van der Waals surface area contributed by atoms with Crippen LogP contribution in [-0.2, 0) is 29.3 Å². The van der Waals surface area contributed by atoms with E-state index < -0.39 is 103 Å². The van der Waals surface area contributed by atoms with Crippen LogP contribution in [-0.4, -0.2) is 158 Å². The molecule has 21 heteroatoms. The second-order valence-electron chi connectivity index (χ2n) is 8.75. The molecule has 3 rings (SSSR count). The number of nitrogens with two attached hydrogens (primary N) is 4. The number of hydrogen-bond acceptors (Lipinski definition) is 16. The molecule has 230 valence electrons. The van der Waals surface area contributed by atoms with Crippen molar-refractivity contribution in [2.24, 2.45) is 22.9 Å². The highest BCUT2D eigenvalue weighted by Crippen LogP contribution is 2.32. The Bertz CT molecular complexity index is 790. The van der Waals surface area contributed by atoms with Crippen LogP contribution < -0.4 is 22.9 Å². The van der Waals surface area contributed by atoms with E-state index in [0.717, 1.165) is 0 Å². The van der Waals surface area contributed by atoms with Gasteiger partial charge in [0.15, 0.2) is 12.6 Å². The lowest BCUT2D eigenvalue weighted by atomic mass is 9.84. The molecule has 0 amide bonds. The Hall–Kier alpha value is -0.770. The standard InChI is InChI=1S/C17H34N4O10.H2O4S.2H2O/c18-2-6-10(24)12(26)8(21)16(28-6)30-14-5(20)1-4(19)9(23)15(14)31-17-13(27)11(25)7(3-22)29-17;1-5(2,3)4;;/h4-17,22-27H,1-3,18-21H2;(H2,1,2,3,4);2*1H2/t4-,5+,6-,7-,8-,9?,10-,11-,12-,13-,14-,15-,16-,17+;;;/m1.../s1. The first-order valence-electron chi connectivity index (χ1n) is 10.9. The highest BCUT2D eigenvalue weighted by atomic mass is 32.3. The van der Waals surface area contributed by atoms with Gasteiger partial charge in [0.2, 0.25) is 0 Å². The fourth-order valence-electron chi connectivity index (χ4n) is 4.16. The van der Waals surface area contributed by atoms with E-state index in [9.17, 15) is 30.6 Å². The zero-order chi connectivity index (χ0) is 27.5. The Labute approximate surface area is 217 Å². The summed E-state index contributed by atoms with van der Waals surface area (Å²) >= 11 is 0. The Morgan fingerprint density at radius 1 is 0.737 bits per heavy atom. The van der Waals surface area contributed by atoms with Crippen LogP contribution in [0.25, 0.3) is 0 Å². The highest BCUT2D eigenvalue weighted by molar-refractivity contribution is 7.79. The average Bonchev–Trinajstić information content (AvgIpc) is 3.06. The third kappa shape index (κ3) is 9.13. The van der Waals surface area contributed by atoms with Crippen LogP contribution in [0.2, 0.25) is 0 Å². The highest BCUT2D eigenvalue weighted by Gasteiger charge is 2.52. The van der Waals surface area contributed by atoms with Crippen LogP contribution >= 0.6 is 0 Å². The van der Waals surface area contributed by atoms with Gasteiger partial charge >= 0.3 is 10.4 Å². The molecule has 1 saturated carbocycles. The molecule has 1 aliphatic carbocycles. The molecule has 2 saturated heterocycles. The summed E-state index contributed by atoms with van der Waals surface area (Å²) < 4.78 is 54.0. The molecule has 0 spiro atoms. The van der Waals surface area contributed by atoms with Crippen molar-refractivity contribution < 1.29 is 78.1 Å². The van der Waals surface area contributed by atoms with Crippen LogP contribution in [0.3, 0.4) is 0 Å². The summed E-state index contributed by atoms with van der Waals surface area (Å²) in [6.07, 6.45) is -13.8. The molecule has 14 atom stereocenters. The zero-order valence-electron chi connectivity index (χ0n) is 19.9. The number of aliphatic hydroxyl groups excluding tert-OH is 6. The van der Waals surface area contributed by atoms with Crippen molar-refractivity contribution in [1.29, 1.82) is 0 Å². The van der Waals surface area contributed by atoms with Gasteiger partial charge in [-0.2, -0.15) is 8.42 Å². The van der Waals surface area contributed by atoms with Crippen molar-refractivity contribution in [3.05, 3.63) is 0 Å². The van der Waals surface area contributed by atoms with Gasteiger partial charge in [0, 0.05) is 18.6 Å². The molecule has 3 fully saturated rings. The number of rotatable bonds is 6. The third-order valence-electron chi connectivity index (χ3n) is 6.13. The first kappa shape index (κ1) is 37.2. The minimum atomic E-state index is -4.67. The van der Waals surface area contributed by atoms with Gasteiger partial charge in [0.05, 0.1) is 18.8 Å². The van der Waals surface area contributed by atoms with Crippen LogP contribution in [0, 0.1) is 0 Å². The van der Waals surface area contributed by atoms with E-state index in [1.54, 1.807) is 0 Å². The topological polar surface area (TPSA) is 400 Å². The third-order valence-corrected chi connectivity index (χ3v) is 6.13. The van der Waals surface area contributed by atoms with Gasteiger partial charge in [-0.3, -0.25) is 9.11 Å². The van der Waals surface area contributed by atoms with E-state index in [4.69, 9.17) is 59.4 Å². The molecule has 2 heterocycles. The van der Waals surface area contributed by atoms with Gasteiger partial charge in [-0.25, -0.2) is 0 Å². The van der Waals surface area contributed by atoms with Gasteiger partial charge in [-0.05, 0) is 6.42 Å². The maximum Gasteiger partial charge on any atom is 0.394 e. The summed E-state index contributed by atoms with van der Waals surface area (Å²) in [4.78, 5) is 0. The van der Waals surface area contributed by atoms with Gasteiger partial charge < -0.3 is 83.5 Å². The van der Waals surface area contributed by atoms with Gasteiger partial charge in [-0.15, -0.1) is 0 Å². The lowest BCUT2D eigenvalue weighted by Crippen LogP contribution is -2.68. The predicted molar refractivity (Wildman–Crippen MR) is 123 cm³/mol. The van der Waals surface area contributed by atoms with Crippen LogP contribution in [0.1, 0.15) is 6.42 Å². The zero-order valence-corrected chi connectivity index (χ0v) is 20.8. The quantitative estimate of drug-likeness (QED) is 0.128. The summed E-state index contributed by atoms with van der Waals surface area (Å²) in [5.74, 6) is 0. The van der Waals surface area contributed by atoms with Gasteiger partial charge in [-0.1, -0.05) is 0 Å². The van der Waals surface area contributed by atoms with Crippen molar-refractivity contribution in [1.82, 2.24) is 0 Å². The first-order valence-corrected chi connectivity index (χ1v) is 12.3. The molecule has 38 heavy (non-hydrogen) atoms. The maximum atomic E-state index is 10.6. The number of ether oxygens (including phenoxy) is 4. The van der Waals surface area contributed by atoms with Crippen LogP contribution in [0.4, 0.5) is 0 Å². The monoisotopic (exact) mass is 588 g/mol. The van der Waals surface area contributed by atoms with Crippen molar-refractivity contribution in [3.63, 3.8) is 0 Å². The number of aliphatic hydroxyl groups is 6. The van der Waals surface area contributed by atoms with Crippen molar-refractivity contribution >= 4 is 10.4 Å². The molecular formula is C17H40N4O16S. The molecule has 0 radical (unpaired) electrons. The van der Waals surface area contributed by atoms with Crippen molar-refractivity contribution in [2.75, 3.05) is 13.2 Å². The largest absolute Gasteiger partial charge is 0.412 e. The molecule has 3 aliphatic rings. The first-order chi connectivity index (χ1) is 16.6. The van der Waals surface area contributed by atoms with Gasteiger partial charge in [0.1, 0.15) is 48.8 Å². The minimum absolute atomic E-state index is 0. The maximum absolute atomic E-state index is 10.6. The Morgan fingerprint density at radius 2 is 1.21 bits per heavy atom. The molecule has 0 aromatic carbocycles. The molecule has 0 aromatic rings. The van der Waals surface area contributed by atoms with E-state index in [2.05, 4.69) is 0 Å². The molecule has 1 unspecified atom stereocenters. The molecule has 2 aliphatic heterocycles. The van der Waals surface area contributed by atoms with E-state index in [-0.39, 0.29) is 23.9 Å². The Kier molecular flexibility index (Phi) is 15.0. The predicted octanol–water partition coefficient (Wildman–Crippen LogP) is -8.95. The second kappa shape index (κ2) is 15.3. The van der Waals surface area contributed by atoms with Crippen LogP contribution in [0.5, 0.6) is 0 Å². The Balaban J connectivity index is 0.00000179. The summed E-state index contributed by atoms with van der Waals surface area (Å²) in [7, 11) is -4.67. The fraction of sp³-hybridized carbons (Fsp3) is 1.00.